The van der Waals surface area contributed by atoms with Crippen molar-refractivity contribution in [3.8, 4) is 0 Å². The molecule has 0 aliphatic carbocycles. The van der Waals surface area contributed by atoms with Crippen molar-refractivity contribution in [2.45, 2.75) is 0 Å². The van der Waals surface area contributed by atoms with Crippen molar-refractivity contribution < 1.29 is 0 Å². The molecule has 2 nitrogen and oxygen atoms in total. The summed E-state index contributed by atoms with van der Waals surface area (Å²) in [4.78, 5) is 2.08. The summed E-state index contributed by atoms with van der Waals surface area (Å²) in [6.07, 6.45) is 3.95. The molecule has 0 aliphatic rings. The van der Waals surface area contributed by atoms with Crippen molar-refractivity contribution in [2.24, 2.45) is 0 Å². The van der Waals surface area contributed by atoms with Gasteiger partial charge in [-0.2, -0.15) is 0 Å². The second-order valence-electron chi connectivity index (χ2n) is 3.45. The average molecular weight is 225 g/mol. The van der Waals surface area contributed by atoms with Gasteiger partial charge in [0.15, 0.2) is 0 Å². The normalized spacial score (nSPS) is 10.6. The van der Waals surface area contributed by atoms with E-state index in [1.165, 1.54) is 5.69 Å². The molecule has 0 atom stereocenters. The Bertz CT molecular complexity index is 304. The topological polar surface area (TPSA) is 15.3 Å². The standard InChI is InChI=1S/C12H17ClN2/c1-15(2)12-7-5-11(6-8-12)14-10-4-3-9-13/h3-8,14H,9-10H2,1-2H3/b4-3+. The Labute approximate surface area is 96.5 Å². The van der Waals surface area contributed by atoms with Gasteiger partial charge in [0.25, 0.3) is 0 Å². The van der Waals surface area contributed by atoms with E-state index in [0.29, 0.717) is 5.88 Å². The van der Waals surface area contributed by atoms with Crippen LogP contribution >= 0.6 is 11.6 Å². The first-order valence-corrected chi connectivity index (χ1v) is 5.49. The van der Waals surface area contributed by atoms with Crippen LogP contribution in [0.5, 0.6) is 0 Å². The van der Waals surface area contributed by atoms with Crippen LogP contribution in [0.1, 0.15) is 0 Å². The minimum atomic E-state index is 0.571. The minimum absolute atomic E-state index is 0.571. The van der Waals surface area contributed by atoms with E-state index in [1.807, 2.05) is 26.2 Å². The van der Waals surface area contributed by atoms with Crippen molar-refractivity contribution in [3.05, 3.63) is 36.4 Å². The second-order valence-corrected chi connectivity index (χ2v) is 3.76. The zero-order chi connectivity index (χ0) is 11.1. The minimum Gasteiger partial charge on any atom is -0.382 e. The van der Waals surface area contributed by atoms with Crippen LogP contribution in [0.2, 0.25) is 0 Å². The molecule has 0 saturated heterocycles. The van der Waals surface area contributed by atoms with Crippen molar-refractivity contribution in [1.82, 2.24) is 0 Å². The Morgan fingerprint density at radius 1 is 1.20 bits per heavy atom. The van der Waals surface area contributed by atoms with E-state index in [-0.39, 0.29) is 0 Å². The van der Waals surface area contributed by atoms with Gasteiger partial charge in [0.05, 0.1) is 0 Å². The summed E-state index contributed by atoms with van der Waals surface area (Å²) in [6.45, 7) is 0.814. The lowest BCUT2D eigenvalue weighted by Crippen LogP contribution is -2.08. The summed E-state index contributed by atoms with van der Waals surface area (Å²) in [7, 11) is 4.07. The maximum absolute atomic E-state index is 5.52. The summed E-state index contributed by atoms with van der Waals surface area (Å²) < 4.78 is 0. The van der Waals surface area contributed by atoms with Crippen molar-refractivity contribution in [2.75, 3.05) is 36.7 Å². The molecule has 1 aromatic carbocycles. The Hall–Kier alpha value is -1.15. The summed E-state index contributed by atoms with van der Waals surface area (Å²) in [5.41, 5.74) is 2.33. The number of alkyl halides is 1. The van der Waals surface area contributed by atoms with Gasteiger partial charge in [0, 0.05) is 37.9 Å². The van der Waals surface area contributed by atoms with Gasteiger partial charge in [-0.3, -0.25) is 0 Å². The van der Waals surface area contributed by atoms with Gasteiger partial charge < -0.3 is 10.2 Å². The molecule has 82 valence electrons. The molecule has 1 rings (SSSR count). The Morgan fingerprint density at radius 3 is 2.40 bits per heavy atom. The quantitative estimate of drug-likeness (QED) is 0.611. The molecule has 0 amide bonds. The van der Waals surface area contributed by atoms with E-state index in [2.05, 4.69) is 34.5 Å². The number of nitrogens with one attached hydrogen (secondary N) is 1. The first-order valence-electron chi connectivity index (χ1n) is 4.96. The smallest absolute Gasteiger partial charge is 0.0404 e. The third-order valence-corrected chi connectivity index (χ3v) is 2.24. The molecule has 0 radical (unpaired) electrons. The monoisotopic (exact) mass is 224 g/mol. The summed E-state index contributed by atoms with van der Waals surface area (Å²) >= 11 is 5.52. The number of allylic oxidation sites excluding steroid dienone is 1. The highest BCUT2D eigenvalue weighted by molar-refractivity contribution is 6.18. The van der Waals surface area contributed by atoms with Crippen molar-refractivity contribution >= 4 is 23.0 Å². The predicted molar refractivity (Wildman–Crippen MR) is 69.1 cm³/mol. The van der Waals surface area contributed by atoms with Crippen molar-refractivity contribution in [1.29, 1.82) is 0 Å². The Balaban J connectivity index is 2.46. The van der Waals surface area contributed by atoms with Gasteiger partial charge in [-0.05, 0) is 24.3 Å². The molecule has 0 aliphatic heterocycles. The lowest BCUT2D eigenvalue weighted by atomic mass is 10.2. The first kappa shape index (κ1) is 11.9. The highest BCUT2D eigenvalue weighted by Gasteiger charge is 1.94. The van der Waals surface area contributed by atoms with Gasteiger partial charge in [-0.1, -0.05) is 12.2 Å². The number of hydrogen-bond donors (Lipinski definition) is 1. The number of hydrogen-bond acceptors (Lipinski definition) is 2. The van der Waals surface area contributed by atoms with Gasteiger partial charge in [0.2, 0.25) is 0 Å². The van der Waals surface area contributed by atoms with Gasteiger partial charge in [-0.25, -0.2) is 0 Å². The predicted octanol–water partition coefficient (Wildman–Crippen LogP) is 2.96. The molecular formula is C12H17ClN2. The lowest BCUT2D eigenvalue weighted by Gasteiger charge is -2.12. The van der Waals surface area contributed by atoms with E-state index in [4.69, 9.17) is 11.6 Å². The summed E-state index contributed by atoms with van der Waals surface area (Å²) in [6, 6.07) is 8.33. The van der Waals surface area contributed by atoms with E-state index >= 15 is 0 Å². The number of halogens is 1. The van der Waals surface area contributed by atoms with Crippen LogP contribution in [0.3, 0.4) is 0 Å². The van der Waals surface area contributed by atoms with Crippen LogP contribution in [-0.2, 0) is 0 Å². The fourth-order valence-electron chi connectivity index (χ4n) is 1.20. The van der Waals surface area contributed by atoms with Crippen molar-refractivity contribution in [3.63, 3.8) is 0 Å². The Morgan fingerprint density at radius 2 is 1.87 bits per heavy atom. The fraction of sp³-hybridized carbons (Fsp3) is 0.333. The number of nitrogens with zero attached hydrogens (tertiary/aromatic N) is 1. The van der Waals surface area contributed by atoms with Crippen LogP contribution in [-0.4, -0.2) is 26.5 Å². The molecule has 0 heterocycles. The zero-order valence-corrected chi connectivity index (χ0v) is 9.96. The molecule has 0 bridgehead atoms. The molecule has 0 saturated carbocycles. The van der Waals surface area contributed by atoms with Gasteiger partial charge in [-0.15, -0.1) is 11.6 Å². The third-order valence-electron chi connectivity index (χ3n) is 2.06. The largest absolute Gasteiger partial charge is 0.382 e. The molecule has 0 unspecified atom stereocenters. The molecule has 3 heteroatoms. The van der Waals surface area contributed by atoms with Crippen LogP contribution in [0.4, 0.5) is 11.4 Å². The maximum Gasteiger partial charge on any atom is 0.0404 e. The highest BCUT2D eigenvalue weighted by Crippen LogP contribution is 2.15. The zero-order valence-electron chi connectivity index (χ0n) is 9.20. The first-order chi connectivity index (χ1) is 7.24. The van der Waals surface area contributed by atoms with Crippen LogP contribution in [0.15, 0.2) is 36.4 Å². The molecule has 15 heavy (non-hydrogen) atoms. The lowest BCUT2D eigenvalue weighted by molar-refractivity contribution is 1.13. The molecular weight excluding hydrogens is 208 g/mol. The average Bonchev–Trinajstić information content (AvgIpc) is 2.25. The van der Waals surface area contributed by atoms with Gasteiger partial charge in [0.1, 0.15) is 0 Å². The molecule has 1 N–H and O–H groups in total. The number of rotatable bonds is 5. The molecule has 0 aromatic heterocycles. The van der Waals surface area contributed by atoms with Crippen LogP contribution < -0.4 is 10.2 Å². The molecule has 0 fully saturated rings. The fourth-order valence-corrected chi connectivity index (χ4v) is 1.33. The van der Waals surface area contributed by atoms with E-state index in [1.54, 1.807) is 0 Å². The highest BCUT2D eigenvalue weighted by atomic mass is 35.5. The van der Waals surface area contributed by atoms with E-state index in [9.17, 15) is 0 Å². The SMILES string of the molecule is CN(C)c1ccc(NC/C=C/CCl)cc1. The molecule has 0 spiro atoms. The Kier molecular flexibility index (Phi) is 5.05. The van der Waals surface area contributed by atoms with E-state index in [0.717, 1.165) is 12.2 Å². The number of benzene rings is 1. The second kappa shape index (κ2) is 6.36. The van der Waals surface area contributed by atoms with Crippen LogP contribution in [0.25, 0.3) is 0 Å². The summed E-state index contributed by atoms with van der Waals surface area (Å²) in [5, 5.41) is 3.28. The van der Waals surface area contributed by atoms with Gasteiger partial charge >= 0.3 is 0 Å². The number of anilines is 2. The summed E-state index contributed by atoms with van der Waals surface area (Å²) in [5.74, 6) is 0.571. The molecule has 1 aromatic rings. The van der Waals surface area contributed by atoms with E-state index < -0.39 is 0 Å². The maximum atomic E-state index is 5.52. The third kappa shape index (κ3) is 4.26. The van der Waals surface area contributed by atoms with Crippen LogP contribution in [0, 0.1) is 0 Å².